The number of ether oxygens (including phenoxy) is 1. The molecule has 0 saturated carbocycles. The molecule has 9 rings (SSSR count). The van der Waals surface area contributed by atoms with E-state index in [1.165, 1.54) is 11.1 Å². The monoisotopic (exact) mass is 558 g/mol. The fraction of sp³-hybridized carbons (Fsp3) is 0.0500. The van der Waals surface area contributed by atoms with Crippen LogP contribution < -0.4 is 4.74 Å². The summed E-state index contributed by atoms with van der Waals surface area (Å²) in [5, 5.41) is 3.61. The van der Waals surface area contributed by atoms with E-state index in [-0.39, 0.29) is 12.0 Å². The Hall–Kier alpha value is -4.92. The number of hydrogen-bond acceptors (Lipinski definition) is 2. The van der Waals surface area contributed by atoms with Crippen molar-refractivity contribution in [2.45, 2.75) is 12.0 Å². The van der Waals surface area contributed by atoms with Gasteiger partial charge in [-0.2, -0.15) is 0 Å². The second kappa shape index (κ2) is 9.30. The van der Waals surface area contributed by atoms with E-state index in [1.807, 2.05) is 36.4 Å². The minimum absolute atomic E-state index is 0.0181. The van der Waals surface area contributed by atoms with Crippen molar-refractivity contribution in [3.8, 4) is 38.4 Å². The van der Waals surface area contributed by atoms with Crippen molar-refractivity contribution in [3.05, 3.63) is 151 Å². The minimum Gasteiger partial charge on any atom is -0.485 e. The zero-order valence-electron chi connectivity index (χ0n) is 26.5. The predicted molar refractivity (Wildman–Crippen MR) is 179 cm³/mol. The molecule has 2 heteroatoms. The van der Waals surface area contributed by atoms with E-state index in [9.17, 15) is 0 Å². The molecular weight excluding hydrogens is 529 g/mol. The molecule has 0 saturated heterocycles. The van der Waals surface area contributed by atoms with Gasteiger partial charge in [0.25, 0.3) is 0 Å². The van der Waals surface area contributed by atoms with Gasteiger partial charge in [-0.25, -0.2) is 0 Å². The first kappa shape index (κ1) is 20.0. The van der Waals surface area contributed by atoms with Crippen molar-refractivity contribution in [1.29, 1.82) is 0 Å². The van der Waals surface area contributed by atoms with Crippen LogP contribution in [0.4, 0.5) is 0 Å². The first-order valence-corrected chi connectivity index (χ1v) is 15.0. The Morgan fingerprint density at radius 1 is 0.619 bits per heavy atom. The Balaban J connectivity index is 1.31. The first-order chi connectivity index (χ1) is 22.5. The maximum absolute atomic E-state index is 9.12. The molecule has 0 fully saturated rings. The molecule has 2 atom stereocenters. The summed E-state index contributed by atoms with van der Waals surface area (Å²) in [6.07, 6.45) is 8.50. The molecule has 1 aromatic heterocycles. The molecule has 1 aliphatic carbocycles. The summed E-state index contributed by atoms with van der Waals surface area (Å²) in [5.41, 5.74) is 5.59. The zero-order chi connectivity index (χ0) is 31.1. The van der Waals surface area contributed by atoms with Crippen molar-refractivity contribution in [2.24, 2.45) is 0 Å². The van der Waals surface area contributed by atoms with Crippen molar-refractivity contribution in [3.63, 3.8) is 0 Å². The van der Waals surface area contributed by atoms with E-state index in [0.29, 0.717) is 45.7 Å². The normalized spacial score (nSPS) is 18.4. The molecule has 7 aromatic rings. The molecule has 6 aromatic carbocycles. The number of benzene rings is 6. The number of hydrogen-bond donors (Lipinski definition) is 0. The van der Waals surface area contributed by atoms with Crippen LogP contribution in [0, 0.1) is 0 Å². The predicted octanol–water partition coefficient (Wildman–Crippen LogP) is 11.2. The van der Waals surface area contributed by atoms with Gasteiger partial charge in [-0.3, -0.25) is 0 Å². The molecule has 2 aliphatic rings. The molecule has 0 radical (unpaired) electrons. The zero-order valence-corrected chi connectivity index (χ0v) is 23.3. The van der Waals surface area contributed by atoms with E-state index in [2.05, 4.69) is 60.7 Å². The van der Waals surface area contributed by atoms with Gasteiger partial charge in [-0.15, -0.1) is 11.3 Å². The lowest BCUT2D eigenvalue weighted by molar-refractivity contribution is 0.269. The largest absolute Gasteiger partial charge is 0.485 e. The van der Waals surface area contributed by atoms with Crippen LogP contribution in [0.5, 0.6) is 5.75 Å². The maximum Gasteiger partial charge on any atom is 0.128 e. The van der Waals surface area contributed by atoms with Crippen molar-refractivity contribution >= 4 is 43.0 Å². The highest BCUT2D eigenvalue weighted by Gasteiger charge is 2.34. The van der Waals surface area contributed by atoms with Crippen LogP contribution in [-0.2, 0) is 0 Å². The van der Waals surface area contributed by atoms with Crippen LogP contribution in [0.1, 0.15) is 17.0 Å². The molecule has 0 bridgehead atoms. The molecule has 1 nitrogen and oxygen atoms in total. The van der Waals surface area contributed by atoms with Gasteiger partial charge in [-0.05, 0) is 85.1 Å². The Bertz CT molecular complexity index is 2390. The smallest absolute Gasteiger partial charge is 0.128 e. The van der Waals surface area contributed by atoms with Gasteiger partial charge in [0.15, 0.2) is 0 Å². The molecule has 42 heavy (non-hydrogen) atoms. The van der Waals surface area contributed by atoms with E-state index in [1.54, 1.807) is 35.6 Å². The van der Waals surface area contributed by atoms with Crippen LogP contribution in [0.25, 0.3) is 64.3 Å². The van der Waals surface area contributed by atoms with Gasteiger partial charge < -0.3 is 4.74 Å². The summed E-state index contributed by atoms with van der Waals surface area (Å²) in [7, 11) is 0. The minimum atomic E-state index is 0.0181. The fourth-order valence-electron chi connectivity index (χ4n) is 6.65. The summed E-state index contributed by atoms with van der Waals surface area (Å²) >= 11 is 1.75. The van der Waals surface area contributed by atoms with E-state index >= 15 is 0 Å². The van der Waals surface area contributed by atoms with Crippen LogP contribution in [0.3, 0.4) is 0 Å². The quantitative estimate of drug-likeness (QED) is 0.196. The van der Waals surface area contributed by atoms with Crippen LogP contribution >= 0.6 is 11.3 Å². The first-order valence-electron chi connectivity index (χ1n) is 16.2. The lowest BCUT2D eigenvalue weighted by Crippen LogP contribution is -2.15. The maximum atomic E-state index is 9.12. The number of thiophene rings is 1. The molecule has 1 aliphatic heterocycles. The highest BCUT2D eigenvalue weighted by molar-refractivity contribution is 7.22. The van der Waals surface area contributed by atoms with Gasteiger partial charge in [0, 0.05) is 21.1 Å². The molecule has 2 unspecified atom stereocenters. The fourth-order valence-corrected chi connectivity index (χ4v) is 7.74. The standard InChI is InChI=1S/C40H26OS/c1-2-11-25(12-3-1)38-28-13-4-6-15-30(28)39(31-16-7-5-14-29(31)38)26-21-22-36-27(23-26)24-37(42-36)33-18-10-20-35-40(33)32-17-8-9-19-34(32)41-35/h1-24,32,34H/i13D,14D,15D,16D. The summed E-state index contributed by atoms with van der Waals surface area (Å²) in [6.45, 7) is 0. The van der Waals surface area contributed by atoms with Gasteiger partial charge >= 0.3 is 0 Å². The number of fused-ring (bicyclic) bond motifs is 6. The SMILES string of the molecule is [2H]c1ccc([2H])c2c(-c3ccc4sc(-c5cccc6c5C5C=CC=CC5O6)cc4c3)c3c([2H])ccc([2H])c3c(-c3ccccc3)c12. The third kappa shape index (κ3) is 3.55. The van der Waals surface area contributed by atoms with Gasteiger partial charge in [0.05, 0.1) is 5.48 Å². The third-order valence-electron chi connectivity index (χ3n) is 8.46. The molecule has 198 valence electrons. The highest BCUT2D eigenvalue weighted by Crippen LogP contribution is 2.49. The average molecular weight is 559 g/mol. The van der Waals surface area contributed by atoms with Gasteiger partial charge in [0.1, 0.15) is 11.9 Å². The Morgan fingerprint density at radius 2 is 1.31 bits per heavy atom. The second-order valence-electron chi connectivity index (χ2n) is 10.8. The average Bonchev–Trinajstić information content (AvgIpc) is 3.69. The van der Waals surface area contributed by atoms with Crippen LogP contribution in [0.15, 0.2) is 146 Å². The molecular formula is C40H26OS. The van der Waals surface area contributed by atoms with E-state index in [0.717, 1.165) is 43.0 Å². The Kier molecular flexibility index (Phi) is 4.44. The lowest BCUT2D eigenvalue weighted by Gasteiger charge is -2.17. The number of rotatable bonds is 3. The number of allylic oxidation sites excluding steroid dienone is 2. The van der Waals surface area contributed by atoms with Gasteiger partial charge in [-0.1, -0.05) is 115 Å². The molecule has 0 N–H and O–H groups in total. The summed E-state index contributed by atoms with van der Waals surface area (Å²) < 4.78 is 43.8. The summed E-state index contributed by atoms with van der Waals surface area (Å²) in [4.78, 5) is 1.16. The molecule has 2 heterocycles. The van der Waals surface area contributed by atoms with Crippen LogP contribution in [0.2, 0.25) is 0 Å². The van der Waals surface area contributed by atoms with Crippen molar-refractivity contribution in [1.82, 2.24) is 0 Å². The van der Waals surface area contributed by atoms with Crippen LogP contribution in [-0.4, -0.2) is 6.10 Å². The lowest BCUT2D eigenvalue weighted by atomic mass is 9.86. The van der Waals surface area contributed by atoms with Gasteiger partial charge in [0.2, 0.25) is 0 Å². The van der Waals surface area contributed by atoms with E-state index in [4.69, 9.17) is 10.2 Å². The van der Waals surface area contributed by atoms with Crippen molar-refractivity contribution < 1.29 is 10.2 Å². The highest BCUT2D eigenvalue weighted by atomic mass is 32.1. The van der Waals surface area contributed by atoms with Crippen molar-refractivity contribution in [2.75, 3.05) is 0 Å². The third-order valence-corrected chi connectivity index (χ3v) is 9.61. The Morgan fingerprint density at radius 3 is 2.05 bits per heavy atom. The summed E-state index contributed by atoms with van der Waals surface area (Å²) in [5.74, 6) is 1.11. The Labute approximate surface area is 254 Å². The topological polar surface area (TPSA) is 9.23 Å². The van der Waals surface area contributed by atoms with E-state index < -0.39 is 0 Å². The second-order valence-corrected chi connectivity index (χ2v) is 11.9. The molecule has 0 spiro atoms. The summed E-state index contributed by atoms with van der Waals surface area (Å²) in [6, 6.07) is 32.5. The molecule has 0 amide bonds.